The number of nitrogens with zero attached hydrogens (tertiary/aromatic N) is 1. The summed E-state index contributed by atoms with van der Waals surface area (Å²) in [6.07, 6.45) is 0. The van der Waals surface area contributed by atoms with Crippen LogP contribution in [0.4, 0.5) is 4.79 Å². The Morgan fingerprint density at radius 2 is 1.94 bits per heavy atom. The summed E-state index contributed by atoms with van der Waals surface area (Å²) in [5.41, 5.74) is -1.23. The number of hydrogen-bond acceptors (Lipinski definition) is 3. The minimum atomic E-state index is -1.23. The van der Waals surface area contributed by atoms with Gasteiger partial charge in [-0.3, -0.25) is 0 Å². The quantitative estimate of drug-likeness (QED) is 0.673. The summed E-state index contributed by atoms with van der Waals surface area (Å²) in [6, 6.07) is -0.421. The topological polar surface area (TPSA) is 78.9 Å². The molecule has 6 heteroatoms. The molecule has 0 aliphatic carbocycles. The third kappa shape index (κ3) is 5.35. The van der Waals surface area contributed by atoms with Crippen molar-refractivity contribution in [2.45, 2.75) is 33.2 Å². The van der Waals surface area contributed by atoms with Crippen LogP contribution in [0.1, 0.15) is 27.7 Å². The second kappa shape index (κ2) is 7.20. The molecule has 0 atom stereocenters. The lowest BCUT2D eigenvalue weighted by atomic mass is 10.1. The van der Waals surface area contributed by atoms with Gasteiger partial charge in [0.2, 0.25) is 0 Å². The molecule has 0 heterocycles. The van der Waals surface area contributed by atoms with E-state index in [2.05, 4.69) is 5.32 Å². The van der Waals surface area contributed by atoms with Crippen LogP contribution in [0, 0.1) is 5.92 Å². The van der Waals surface area contributed by atoms with Crippen LogP contribution in [0.25, 0.3) is 0 Å². The van der Waals surface area contributed by atoms with E-state index in [1.165, 1.54) is 20.9 Å². The van der Waals surface area contributed by atoms with Crippen molar-refractivity contribution in [2.24, 2.45) is 5.92 Å². The zero-order chi connectivity index (χ0) is 14.3. The predicted octanol–water partition coefficient (Wildman–Crippen LogP) is 1.16. The summed E-state index contributed by atoms with van der Waals surface area (Å²) in [5, 5.41) is 11.6. The molecule has 2 N–H and O–H groups in total. The lowest BCUT2D eigenvalue weighted by molar-refractivity contribution is -0.146. The van der Waals surface area contributed by atoms with Crippen LogP contribution in [0.2, 0.25) is 0 Å². The van der Waals surface area contributed by atoms with Crippen molar-refractivity contribution in [3.05, 3.63) is 0 Å². The molecule has 0 aliphatic heterocycles. The molecule has 0 aromatic rings. The third-order valence-corrected chi connectivity index (χ3v) is 2.64. The molecule has 0 radical (unpaired) electrons. The first-order valence-corrected chi connectivity index (χ1v) is 6.02. The van der Waals surface area contributed by atoms with Gasteiger partial charge in [-0.15, -0.1) is 0 Å². The van der Waals surface area contributed by atoms with Gasteiger partial charge in [0.15, 0.2) is 0 Å². The average Bonchev–Trinajstić information content (AvgIpc) is 2.26. The maximum Gasteiger partial charge on any atom is 0.329 e. The SMILES string of the molecule is CC(C)COCCNC(=O)N(C)C(C)(C)C(=O)O. The maximum atomic E-state index is 11.7. The van der Waals surface area contributed by atoms with Crippen LogP contribution in [-0.4, -0.2) is 54.4 Å². The number of hydrogen-bond donors (Lipinski definition) is 2. The van der Waals surface area contributed by atoms with Crippen molar-refractivity contribution in [1.29, 1.82) is 0 Å². The Bertz CT molecular complexity index is 290. The predicted molar refractivity (Wildman–Crippen MR) is 68.5 cm³/mol. The van der Waals surface area contributed by atoms with Gasteiger partial charge < -0.3 is 20.1 Å². The second-order valence-corrected chi connectivity index (χ2v) is 5.12. The van der Waals surface area contributed by atoms with Gasteiger partial charge >= 0.3 is 12.0 Å². The van der Waals surface area contributed by atoms with Crippen molar-refractivity contribution in [1.82, 2.24) is 10.2 Å². The zero-order valence-corrected chi connectivity index (χ0v) is 11.8. The zero-order valence-electron chi connectivity index (χ0n) is 11.8. The summed E-state index contributed by atoms with van der Waals surface area (Å²) in [5.74, 6) is -0.592. The van der Waals surface area contributed by atoms with Gasteiger partial charge in [0.05, 0.1) is 6.61 Å². The molecule has 106 valence electrons. The van der Waals surface area contributed by atoms with E-state index in [1.807, 2.05) is 13.8 Å². The number of nitrogens with one attached hydrogen (secondary N) is 1. The molecule has 0 aromatic carbocycles. The van der Waals surface area contributed by atoms with E-state index in [0.717, 1.165) is 4.90 Å². The molecule has 0 aliphatic rings. The Balaban J connectivity index is 3.99. The van der Waals surface area contributed by atoms with E-state index >= 15 is 0 Å². The van der Waals surface area contributed by atoms with Crippen LogP contribution in [-0.2, 0) is 9.53 Å². The van der Waals surface area contributed by atoms with Crippen LogP contribution >= 0.6 is 0 Å². The van der Waals surface area contributed by atoms with E-state index < -0.39 is 17.5 Å². The van der Waals surface area contributed by atoms with Crippen LogP contribution < -0.4 is 5.32 Å². The number of carboxylic acid groups (broad SMARTS) is 1. The number of urea groups is 1. The second-order valence-electron chi connectivity index (χ2n) is 5.12. The first-order valence-electron chi connectivity index (χ1n) is 6.02. The highest BCUT2D eigenvalue weighted by Crippen LogP contribution is 2.12. The fourth-order valence-electron chi connectivity index (χ4n) is 1.07. The summed E-state index contributed by atoms with van der Waals surface area (Å²) >= 11 is 0. The third-order valence-electron chi connectivity index (χ3n) is 2.64. The van der Waals surface area contributed by atoms with Gasteiger partial charge in [-0.1, -0.05) is 13.8 Å². The molecule has 0 fully saturated rings. The van der Waals surface area contributed by atoms with E-state index in [9.17, 15) is 9.59 Å². The maximum absolute atomic E-state index is 11.7. The number of carbonyl (C=O) groups is 2. The van der Waals surface area contributed by atoms with Gasteiger partial charge in [-0.25, -0.2) is 9.59 Å². The van der Waals surface area contributed by atoms with E-state index in [1.54, 1.807) is 0 Å². The first kappa shape index (κ1) is 16.7. The molecule has 0 saturated carbocycles. The number of likely N-dealkylation sites (N-methyl/N-ethyl adjacent to an activating group) is 1. The fourth-order valence-corrected chi connectivity index (χ4v) is 1.07. The molecule has 0 spiro atoms. The van der Waals surface area contributed by atoms with Gasteiger partial charge in [0, 0.05) is 20.2 Å². The highest BCUT2D eigenvalue weighted by Gasteiger charge is 2.34. The van der Waals surface area contributed by atoms with Crippen molar-refractivity contribution in [2.75, 3.05) is 26.8 Å². The molecule has 6 nitrogen and oxygen atoms in total. The molecule has 0 rings (SSSR count). The van der Waals surface area contributed by atoms with E-state index in [-0.39, 0.29) is 0 Å². The summed E-state index contributed by atoms with van der Waals surface area (Å²) in [4.78, 5) is 23.8. The van der Waals surface area contributed by atoms with Gasteiger partial charge in [0.25, 0.3) is 0 Å². The Kier molecular flexibility index (Phi) is 6.68. The molecular weight excluding hydrogens is 236 g/mol. The number of amides is 2. The van der Waals surface area contributed by atoms with Crippen LogP contribution in [0.3, 0.4) is 0 Å². The van der Waals surface area contributed by atoms with Gasteiger partial charge in [0.1, 0.15) is 5.54 Å². The summed E-state index contributed by atoms with van der Waals surface area (Å²) < 4.78 is 5.31. The lowest BCUT2D eigenvalue weighted by Gasteiger charge is -2.31. The highest BCUT2D eigenvalue weighted by molar-refractivity contribution is 5.85. The Morgan fingerprint density at radius 1 is 1.39 bits per heavy atom. The van der Waals surface area contributed by atoms with Gasteiger partial charge in [-0.05, 0) is 19.8 Å². The number of carbonyl (C=O) groups excluding carboxylic acids is 1. The van der Waals surface area contributed by atoms with Crippen molar-refractivity contribution >= 4 is 12.0 Å². The molecule has 18 heavy (non-hydrogen) atoms. The molecule has 2 amide bonds. The fraction of sp³-hybridized carbons (Fsp3) is 0.833. The van der Waals surface area contributed by atoms with Crippen molar-refractivity contribution in [3.8, 4) is 0 Å². The smallest absolute Gasteiger partial charge is 0.329 e. The normalized spacial score (nSPS) is 11.4. The number of rotatable bonds is 7. The van der Waals surface area contributed by atoms with E-state index in [4.69, 9.17) is 9.84 Å². The Hall–Kier alpha value is -1.30. The van der Waals surface area contributed by atoms with Crippen LogP contribution in [0.15, 0.2) is 0 Å². The first-order chi connectivity index (χ1) is 8.19. The minimum absolute atomic E-state index is 0.367. The van der Waals surface area contributed by atoms with Crippen molar-refractivity contribution < 1.29 is 19.4 Å². The largest absolute Gasteiger partial charge is 0.480 e. The van der Waals surface area contributed by atoms with Crippen molar-refractivity contribution in [3.63, 3.8) is 0 Å². The van der Waals surface area contributed by atoms with Gasteiger partial charge in [-0.2, -0.15) is 0 Å². The lowest BCUT2D eigenvalue weighted by Crippen LogP contribution is -2.54. The summed E-state index contributed by atoms with van der Waals surface area (Å²) in [6.45, 7) is 8.47. The Labute approximate surface area is 108 Å². The standard InChI is InChI=1S/C12H24N2O4/c1-9(2)8-18-7-6-13-11(17)14(5)12(3,4)10(15)16/h9H,6-8H2,1-5H3,(H,13,17)(H,15,16). The van der Waals surface area contributed by atoms with Crippen LogP contribution in [0.5, 0.6) is 0 Å². The number of aliphatic carboxylic acids is 1. The monoisotopic (exact) mass is 260 g/mol. The highest BCUT2D eigenvalue weighted by atomic mass is 16.5. The molecular formula is C12H24N2O4. The number of carboxylic acids is 1. The van der Waals surface area contributed by atoms with E-state index in [0.29, 0.717) is 25.7 Å². The molecule has 0 bridgehead atoms. The molecule has 0 unspecified atom stereocenters. The Morgan fingerprint density at radius 3 is 2.39 bits per heavy atom. The molecule has 0 saturated heterocycles. The minimum Gasteiger partial charge on any atom is -0.480 e. The summed E-state index contributed by atoms with van der Waals surface area (Å²) in [7, 11) is 1.46. The average molecular weight is 260 g/mol. The number of ether oxygens (including phenoxy) is 1. The molecule has 0 aromatic heterocycles.